The molecule has 0 radical (unpaired) electrons. The van der Waals surface area contributed by atoms with Crippen LogP contribution in [0.5, 0.6) is 17.2 Å². The van der Waals surface area contributed by atoms with Crippen LogP contribution in [0.1, 0.15) is 18.1 Å². The lowest BCUT2D eigenvalue weighted by atomic mass is 10.1. The summed E-state index contributed by atoms with van der Waals surface area (Å²) in [6.45, 7) is 2.48. The van der Waals surface area contributed by atoms with E-state index >= 15 is 0 Å². The van der Waals surface area contributed by atoms with Crippen LogP contribution in [0.15, 0.2) is 72.3 Å². The quantitative estimate of drug-likeness (QED) is 0.238. The van der Waals surface area contributed by atoms with Gasteiger partial charge in [0.05, 0.1) is 15.9 Å². The lowest BCUT2D eigenvalue weighted by molar-refractivity contribution is -0.122. The highest BCUT2D eigenvalue weighted by molar-refractivity contribution is 14.1. The van der Waals surface area contributed by atoms with Crippen molar-refractivity contribution >= 4 is 52.2 Å². The third-order valence-electron chi connectivity index (χ3n) is 5.11. The number of nitrogens with zero attached hydrogens (tertiary/aromatic N) is 1. The van der Waals surface area contributed by atoms with E-state index < -0.39 is 17.8 Å². The van der Waals surface area contributed by atoms with Crippen molar-refractivity contribution in [2.45, 2.75) is 13.5 Å². The Hall–Kier alpha value is -3.86. The van der Waals surface area contributed by atoms with Gasteiger partial charge in [0.15, 0.2) is 11.5 Å². The van der Waals surface area contributed by atoms with Gasteiger partial charge in [0.1, 0.15) is 17.9 Å². The minimum atomic E-state index is -0.842. The lowest BCUT2D eigenvalue weighted by Gasteiger charge is -2.26. The standard InChI is InChI=1S/C26H21IN2O6/c1-2-34-22-14-17(13-21(27)23(22)30)12-20-24(31)28-26(33)29(25(20)32)18-8-10-19(11-9-18)35-15-16-6-4-3-5-7-16/h3-14,30H,2,15H2,1H3,(H,28,31,33)/b20-12+. The molecule has 4 amide bonds. The Morgan fingerprint density at radius 3 is 2.40 bits per heavy atom. The second-order valence-corrected chi connectivity index (χ2v) is 8.67. The van der Waals surface area contributed by atoms with Gasteiger partial charge < -0.3 is 14.6 Å². The molecule has 0 aliphatic carbocycles. The number of carbonyl (C=O) groups excluding carboxylic acids is 3. The average molecular weight is 584 g/mol. The number of ether oxygens (including phenoxy) is 2. The summed E-state index contributed by atoms with van der Waals surface area (Å²) in [5.41, 5.74) is 1.53. The third kappa shape index (κ3) is 5.46. The van der Waals surface area contributed by atoms with Crippen molar-refractivity contribution in [1.29, 1.82) is 0 Å². The van der Waals surface area contributed by atoms with Gasteiger partial charge in [0.2, 0.25) is 0 Å². The minimum Gasteiger partial charge on any atom is -0.504 e. The number of halogens is 1. The molecule has 4 rings (SSSR count). The fraction of sp³-hybridized carbons (Fsp3) is 0.115. The molecule has 1 fully saturated rings. The molecule has 0 aromatic heterocycles. The molecule has 1 aliphatic rings. The zero-order valence-electron chi connectivity index (χ0n) is 18.7. The third-order valence-corrected chi connectivity index (χ3v) is 5.93. The smallest absolute Gasteiger partial charge is 0.335 e. The first kappa shape index (κ1) is 24.3. The number of imide groups is 2. The Bertz CT molecular complexity index is 1310. The summed E-state index contributed by atoms with van der Waals surface area (Å²) in [5, 5.41) is 12.4. The first-order valence-corrected chi connectivity index (χ1v) is 11.8. The number of amides is 4. The summed E-state index contributed by atoms with van der Waals surface area (Å²) < 4.78 is 11.7. The van der Waals surface area contributed by atoms with Crippen LogP contribution in [0.25, 0.3) is 6.08 Å². The monoisotopic (exact) mass is 584 g/mol. The van der Waals surface area contributed by atoms with Crippen molar-refractivity contribution in [2.24, 2.45) is 0 Å². The van der Waals surface area contributed by atoms with E-state index in [9.17, 15) is 19.5 Å². The summed E-state index contributed by atoms with van der Waals surface area (Å²) in [6.07, 6.45) is 1.36. The van der Waals surface area contributed by atoms with Gasteiger partial charge in [-0.05, 0) is 83.1 Å². The van der Waals surface area contributed by atoms with E-state index in [-0.39, 0.29) is 22.8 Å². The molecule has 0 atom stereocenters. The molecule has 9 heteroatoms. The number of benzene rings is 3. The van der Waals surface area contributed by atoms with Gasteiger partial charge in [0, 0.05) is 0 Å². The summed E-state index contributed by atoms with van der Waals surface area (Å²) in [7, 11) is 0. The van der Waals surface area contributed by atoms with Crippen LogP contribution in [-0.4, -0.2) is 29.6 Å². The Morgan fingerprint density at radius 2 is 1.71 bits per heavy atom. The van der Waals surface area contributed by atoms with Gasteiger partial charge in [-0.2, -0.15) is 0 Å². The number of carbonyl (C=O) groups is 3. The van der Waals surface area contributed by atoms with Crippen LogP contribution in [0.2, 0.25) is 0 Å². The van der Waals surface area contributed by atoms with E-state index in [0.717, 1.165) is 10.5 Å². The van der Waals surface area contributed by atoms with Gasteiger partial charge in [-0.3, -0.25) is 14.9 Å². The Morgan fingerprint density at radius 1 is 1.00 bits per heavy atom. The topological polar surface area (TPSA) is 105 Å². The van der Waals surface area contributed by atoms with Gasteiger partial charge >= 0.3 is 6.03 Å². The number of hydrogen-bond donors (Lipinski definition) is 2. The SMILES string of the molecule is CCOc1cc(/C=C2\C(=O)NC(=O)N(c3ccc(OCc4ccccc4)cc3)C2=O)cc(I)c1O. The van der Waals surface area contributed by atoms with E-state index in [1.54, 1.807) is 37.3 Å². The number of rotatable bonds is 7. The van der Waals surface area contributed by atoms with Crippen molar-refractivity contribution in [3.63, 3.8) is 0 Å². The Balaban J connectivity index is 1.57. The number of phenols is 1. The molecule has 3 aromatic carbocycles. The molecule has 1 heterocycles. The molecule has 1 saturated heterocycles. The number of urea groups is 1. The Kier molecular flexibility index (Phi) is 7.35. The molecule has 8 nitrogen and oxygen atoms in total. The maximum atomic E-state index is 13.2. The predicted octanol–water partition coefficient (Wildman–Crippen LogP) is 4.64. The average Bonchev–Trinajstić information content (AvgIpc) is 2.85. The van der Waals surface area contributed by atoms with Crippen molar-refractivity contribution in [3.05, 3.63) is 87.0 Å². The molecule has 3 aromatic rings. The fourth-order valence-electron chi connectivity index (χ4n) is 3.43. The minimum absolute atomic E-state index is 0.0274. The molecule has 35 heavy (non-hydrogen) atoms. The maximum Gasteiger partial charge on any atom is 0.335 e. The summed E-state index contributed by atoms with van der Waals surface area (Å²) in [4.78, 5) is 39.1. The highest BCUT2D eigenvalue weighted by Crippen LogP contribution is 2.34. The van der Waals surface area contributed by atoms with E-state index in [2.05, 4.69) is 5.32 Å². The summed E-state index contributed by atoms with van der Waals surface area (Å²) in [5.74, 6) is -0.802. The molecule has 2 N–H and O–H groups in total. The highest BCUT2D eigenvalue weighted by Gasteiger charge is 2.36. The van der Waals surface area contributed by atoms with Crippen LogP contribution < -0.4 is 19.7 Å². The highest BCUT2D eigenvalue weighted by atomic mass is 127. The normalized spacial score (nSPS) is 14.7. The number of anilines is 1. The molecule has 1 aliphatic heterocycles. The molecule has 0 saturated carbocycles. The maximum absolute atomic E-state index is 13.2. The first-order chi connectivity index (χ1) is 16.9. The molecule has 178 valence electrons. The van der Waals surface area contributed by atoms with Crippen LogP contribution in [0.4, 0.5) is 10.5 Å². The van der Waals surface area contributed by atoms with Crippen molar-refractivity contribution < 1.29 is 29.0 Å². The predicted molar refractivity (Wildman–Crippen MR) is 138 cm³/mol. The van der Waals surface area contributed by atoms with E-state index in [1.165, 1.54) is 12.1 Å². The molecular weight excluding hydrogens is 563 g/mol. The van der Waals surface area contributed by atoms with Gasteiger partial charge in [-0.25, -0.2) is 9.69 Å². The number of nitrogens with one attached hydrogen (secondary N) is 1. The number of hydrogen-bond acceptors (Lipinski definition) is 6. The van der Waals surface area contributed by atoms with Crippen LogP contribution >= 0.6 is 22.6 Å². The number of phenolic OH excluding ortho intramolecular Hbond substituents is 1. The summed E-state index contributed by atoms with van der Waals surface area (Å²) >= 11 is 1.93. The second-order valence-electron chi connectivity index (χ2n) is 7.51. The van der Waals surface area contributed by atoms with E-state index in [1.807, 2.05) is 52.9 Å². The van der Waals surface area contributed by atoms with E-state index in [0.29, 0.717) is 28.1 Å². The van der Waals surface area contributed by atoms with Crippen molar-refractivity contribution in [1.82, 2.24) is 5.32 Å². The van der Waals surface area contributed by atoms with Crippen molar-refractivity contribution in [2.75, 3.05) is 11.5 Å². The van der Waals surface area contributed by atoms with Gasteiger partial charge in [-0.1, -0.05) is 30.3 Å². The largest absolute Gasteiger partial charge is 0.504 e. The second kappa shape index (κ2) is 10.6. The first-order valence-electron chi connectivity index (χ1n) is 10.7. The van der Waals surface area contributed by atoms with E-state index in [4.69, 9.17) is 9.47 Å². The Labute approximate surface area is 215 Å². The molecule has 0 spiro atoms. The zero-order valence-corrected chi connectivity index (χ0v) is 20.8. The zero-order chi connectivity index (χ0) is 24.9. The van der Waals surface area contributed by atoms with Crippen LogP contribution in [0.3, 0.4) is 0 Å². The number of aromatic hydroxyl groups is 1. The molecular formula is C26H21IN2O6. The number of barbiturate groups is 1. The van der Waals surface area contributed by atoms with Crippen LogP contribution in [-0.2, 0) is 16.2 Å². The van der Waals surface area contributed by atoms with Crippen molar-refractivity contribution in [3.8, 4) is 17.2 Å². The van der Waals surface area contributed by atoms with Gasteiger partial charge in [0.25, 0.3) is 11.8 Å². The van der Waals surface area contributed by atoms with Crippen LogP contribution in [0, 0.1) is 3.57 Å². The molecule has 0 bridgehead atoms. The summed E-state index contributed by atoms with van der Waals surface area (Å²) in [6, 6.07) is 18.4. The fourth-order valence-corrected chi connectivity index (χ4v) is 4.06. The molecule has 0 unspecified atom stereocenters. The lowest BCUT2D eigenvalue weighted by Crippen LogP contribution is -2.54. The van der Waals surface area contributed by atoms with Gasteiger partial charge in [-0.15, -0.1) is 0 Å².